The first-order valence-electron chi connectivity index (χ1n) is 5.22. The first-order chi connectivity index (χ1) is 7.72. The van der Waals surface area contributed by atoms with Gasteiger partial charge >= 0.3 is 0 Å². The van der Waals surface area contributed by atoms with E-state index in [1.165, 1.54) is 0 Å². The molecule has 1 aromatic carbocycles. The molecular weight excluding hydrogens is 266 g/mol. The summed E-state index contributed by atoms with van der Waals surface area (Å²) in [5.41, 5.74) is 7.67. The smallest absolute Gasteiger partial charge is 0.110 e. The molecule has 16 heavy (non-hydrogen) atoms. The molecule has 0 saturated heterocycles. The predicted octanol–water partition coefficient (Wildman–Crippen LogP) is 2.44. The van der Waals surface area contributed by atoms with Gasteiger partial charge in [0.1, 0.15) is 5.82 Å². The molecule has 0 atom stereocenters. The van der Waals surface area contributed by atoms with Crippen LogP contribution in [0.3, 0.4) is 0 Å². The molecule has 0 aliphatic rings. The van der Waals surface area contributed by atoms with Gasteiger partial charge in [0.05, 0.1) is 11.4 Å². The molecule has 0 fully saturated rings. The fourth-order valence-electron chi connectivity index (χ4n) is 1.69. The van der Waals surface area contributed by atoms with E-state index >= 15 is 0 Å². The Balaban J connectivity index is 2.44. The van der Waals surface area contributed by atoms with Crippen LogP contribution in [0.1, 0.15) is 11.5 Å². The summed E-state index contributed by atoms with van der Waals surface area (Å²) < 4.78 is 3.14. The lowest BCUT2D eigenvalue weighted by Crippen LogP contribution is -2.02. The quantitative estimate of drug-likeness (QED) is 0.938. The lowest BCUT2D eigenvalue weighted by Gasteiger charge is -2.06. The lowest BCUT2D eigenvalue weighted by molar-refractivity contribution is 0.928. The Morgan fingerprint density at radius 2 is 2.12 bits per heavy atom. The van der Waals surface area contributed by atoms with Crippen LogP contribution < -0.4 is 5.73 Å². The highest BCUT2D eigenvalue weighted by atomic mass is 79.9. The third-order valence-electron chi connectivity index (χ3n) is 2.44. The number of benzene rings is 1. The van der Waals surface area contributed by atoms with Crippen molar-refractivity contribution in [3.63, 3.8) is 0 Å². The van der Waals surface area contributed by atoms with Crippen molar-refractivity contribution in [3.8, 4) is 5.69 Å². The zero-order valence-electron chi connectivity index (χ0n) is 9.15. The molecule has 3 nitrogen and oxygen atoms in total. The monoisotopic (exact) mass is 279 g/mol. The molecule has 0 unspecified atom stereocenters. The molecule has 0 bridgehead atoms. The number of halogens is 1. The molecule has 1 heterocycles. The fraction of sp³-hybridized carbons (Fsp3) is 0.250. The maximum Gasteiger partial charge on any atom is 0.110 e. The second kappa shape index (κ2) is 4.80. The fourth-order valence-corrected chi connectivity index (χ4v) is 2.17. The zero-order chi connectivity index (χ0) is 11.5. The van der Waals surface area contributed by atoms with Crippen LogP contribution in [0.25, 0.3) is 5.69 Å². The van der Waals surface area contributed by atoms with E-state index in [0.29, 0.717) is 6.54 Å². The van der Waals surface area contributed by atoms with Crippen molar-refractivity contribution in [1.82, 2.24) is 9.55 Å². The molecule has 4 heteroatoms. The Labute approximate surface area is 103 Å². The van der Waals surface area contributed by atoms with E-state index in [0.717, 1.165) is 28.1 Å². The SMILES string of the molecule is Cc1nc(CCN)cn1-c1ccccc1Br. The van der Waals surface area contributed by atoms with Gasteiger partial charge in [0.2, 0.25) is 0 Å². The molecule has 0 aliphatic carbocycles. The standard InChI is InChI=1S/C12H14BrN3/c1-9-15-10(6-7-14)8-16(9)12-5-3-2-4-11(12)13/h2-5,8H,6-7,14H2,1H3. The number of hydrogen-bond acceptors (Lipinski definition) is 2. The molecule has 1 aromatic heterocycles. The summed E-state index contributed by atoms with van der Waals surface area (Å²) in [6, 6.07) is 8.10. The number of nitrogens with two attached hydrogens (primary N) is 1. The third-order valence-corrected chi connectivity index (χ3v) is 3.12. The summed E-state index contributed by atoms with van der Waals surface area (Å²) in [5.74, 6) is 0.982. The zero-order valence-corrected chi connectivity index (χ0v) is 10.7. The van der Waals surface area contributed by atoms with Gasteiger partial charge in [0.25, 0.3) is 0 Å². The summed E-state index contributed by atoms with van der Waals surface area (Å²) in [5, 5.41) is 0. The van der Waals surface area contributed by atoms with Crippen LogP contribution >= 0.6 is 15.9 Å². The van der Waals surface area contributed by atoms with Crippen LogP contribution in [-0.4, -0.2) is 16.1 Å². The van der Waals surface area contributed by atoms with Gasteiger partial charge in [0.15, 0.2) is 0 Å². The van der Waals surface area contributed by atoms with Crippen molar-refractivity contribution in [2.45, 2.75) is 13.3 Å². The molecule has 0 radical (unpaired) electrons. The van der Waals surface area contributed by atoms with Gasteiger partial charge in [-0.2, -0.15) is 0 Å². The van der Waals surface area contributed by atoms with Crippen LogP contribution in [0, 0.1) is 6.92 Å². The molecule has 0 aliphatic heterocycles. The van der Waals surface area contributed by atoms with Crippen molar-refractivity contribution in [2.24, 2.45) is 5.73 Å². The predicted molar refractivity (Wildman–Crippen MR) is 68.8 cm³/mol. The molecule has 0 spiro atoms. The van der Waals surface area contributed by atoms with E-state index in [-0.39, 0.29) is 0 Å². The van der Waals surface area contributed by atoms with Gasteiger partial charge < -0.3 is 10.3 Å². The minimum atomic E-state index is 0.631. The molecule has 0 amide bonds. The summed E-state index contributed by atoms with van der Waals surface area (Å²) in [6.07, 6.45) is 2.86. The summed E-state index contributed by atoms with van der Waals surface area (Å²) in [7, 11) is 0. The summed E-state index contributed by atoms with van der Waals surface area (Å²) in [6.45, 7) is 2.63. The highest BCUT2D eigenvalue weighted by Crippen LogP contribution is 2.22. The number of rotatable bonds is 3. The second-order valence-corrected chi connectivity index (χ2v) is 4.49. The Hall–Kier alpha value is -1.13. The molecule has 2 rings (SSSR count). The first-order valence-corrected chi connectivity index (χ1v) is 6.01. The number of aromatic nitrogens is 2. The van der Waals surface area contributed by atoms with E-state index in [9.17, 15) is 0 Å². The third kappa shape index (κ3) is 2.18. The van der Waals surface area contributed by atoms with Gasteiger partial charge in [-0.05, 0) is 41.5 Å². The van der Waals surface area contributed by atoms with Gasteiger partial charge in [-0.25, -0.2) is 4.98 Å². The highest BCUT2D eigenvalue weighted by Gasteiger charge is 2.07. The van der Waals surface area contributed by atoms with Gasteiger partial charge in [-0.3, -0.25) is 0 Å². The van der Waals surface area contributed by atoms with Crippen molar-refractivity contribution < 1.29 is 0 Å². The second-order valence-electron chi connectivity index (χ2n) is 3.64. The average molecular weight is 280 g/mol. The molecule has 2 N–H and O–H groups in total. The topological polar surface area (TPSA) is 43.8 Å². The number of para-hydroxylation sites is 1. The van der Waals surface area contributed by atoms with Crippen LogP contribution in [0.5, 0.6) is 0 Å². The maximum atomic E-state index is 5.53. The van der Waals surface area contributed by atoms with E-state index in [1.807, 2.05) is 31.3 Å². The summed E-state index contributed by atoms with van der Waals surface area (Å²) in [4.78, 5) is 4.48. The van der Waals surface area contributed by atoms with Crippen molar-refractivity contribution in [1.29, 1.82) is 0 Å². The Bertz CT molecular complexity index is 491. The van der Waals surface area contributed by atoms with Crippen LogP contribution in [0.15, 0.2) is 34.9 Å². The van der Waals surface area contributed by atoms with Gasteiger partial charge in [-0.1, -0.05) is 12.1 Å². The minimum absolute atomic E-state index is 0.631. The van der Waals surface area contributed by atoms with E-state index in [2.05, 4.69) is 31.5 Å². The largest absolute Gasteiger partial charge is 0.330 e. The van der Waals surface area contributed by atoms with Crippen LogP contribution in [-0.2, 0) is 6.42 Å². The highest BCUT2D eigenvalue weighted by molar-refractivity contribution is 9.10. The molecule has 2 aromatic rings. The normalized spacial score (nSPS) is 10.7. The maximum absolute atomic E-state index is 5.53. The van der Waals surface area contributed by atoms with Crippen LogP contribution in [0.4, 0.5) is 0 Å². The van der Waals surface area contributed by atoms with Crippen molar-refractivity contribution in [2.75, 3.05) is 6.54 Å². The number of hydrogen-bond donors (Lipinski definition) is 1. The van der Waals surface area contributed by atoms with E-state index in [1.54, 1.807) is 0 Å². The molecule has 0 saturated carbocycles. The van der Waals surface area contributed by atoms with Crippen molar-refractivity contribution in [3.05, 3.63) is 46.5 Å². The summed E-state index contributed by atoms with van der Waals surface area (Å²) >= 11 is 3.54. The molecule has 84 valence electrons. The number of imidazole rings is 1. The van der Waals surface area contributed by atoms with Crippen LogP contribution in [0.2, 0.25) is 0 Å². The Morgan fingerprint density at radius 1 is 1.38 bits per heavy atom. The van der Waals surface area contributed by atoms with Gasteiger partial charge in [0, 0.05) is 17.1 Å². The molecular formula is C12H14BrN3. The first kappa shape index (κ1) is 11.4. The van der Waals surface area contributed by atoms with E-state index in [4.69, 9.17) is 5.73 Å². The minimum Gasteiger partial charge on any atom is -0.330 e. The number of aryl methyl sites for hydroxylation is 1. The van der Waals surface area contributed by atoms with E-state index < -0.39 is 0 Å². The van der Waals surface area contributed by atoms with Crippen molar-refractivity contribution >= 4 is 15.9 Å². The Kier molecular flexibility index (Phi) is 3.41. The average Bonchev–Trinajstić information content (AvgIpc) is 2.61. The Morgan fingerprint density at radius 3 is 2.81 bits per heavy atom. The lowest BCUT2D eigenvalue weighted by atomic mass is 10.3. The number of nitrogens with zero attached hydrogens (tertiary/aromatic N) is 2. The van der Waals surface area contributed by atoms with Gasteiger partial charge in [-0.15, -0.1) is 0 Å².